The number of hydrogen-bond donors (Lipinski definition) is 0. The van der Waals surface area contributed by atoms with E-state index in [1.165, 1.54) is 4.90 Å². The molecule has 0 radical (unpaired) electrons. The standard InChI is InChI=1S/C26H25N3O4/c1-15(2)33-20-12-10-18(11-13-20)23-22(24(30)19-8-5-16(3)6-9-19)25(31)26(32)29(23)21-14-7-17(4)27-28-21/h5-15,22-23H,1-4H3. The molecule has 2 heterocycles. The molecule has 2 atom stereocenters. The number of amides is 1. The van der Waals surface area contributed by atoms with E-state index in [2.05, 4.69) is 10.2 Å². The fourth-order valence-electron chi connectivity index (χ4n) is 3.95. The second-order valence-electron chi connectivity index (χ2n) is 8.46. The monoisotopic (exact) mass is 443 g/mol. The molecule has 1 aliphatic rings. The summed E-state index contributed by atoms with van der Waals surface area (Å²) >= 11 is 0. The van der Waals surface area contributed by atoms with Crippen molar-refractivity contribution in [1.82, 2.24) is 10.2 Å². The highest BCUT2D eigenvalue weighted by molar-refractivity contribution is 6.48. The van der Waals surface area contributed by atoms with Crippen molar-refractivity contribution < 1.29 is 19.1 Å². The van der Waals surface area contributed by atoms with E-state index in [4.69, 9.17) is 4.74 Å². The van der Waals surface area contributed by atoms with Crippen molar-refractivity contribution >= 4 is 23.3 Å². The number of hydrogen-bond acceptors (Lipinski definition) is 6. The van der Waals surface area contributed by atoms with E-state index >= 15 is 0 Å². The number of benzene rings is 2. The summed E-state index contributed by atoms with van der Waals surface area (Å²) in [6.45, 7) is 7.55. The molecule has 1 fully saturated rings. The van der Waals surface area contributed by atoms with Crippen LogP contribution in [0.1, 0.15) is 47.1 Å². The quantitative estimate of drug-likeness (QED) is 0.325. The molecule has 7 nitrogen and oxygen atoms in total. The van der Waals surface area contributed by atoms with Crippen LogP contribution in [0.25, 0.3) is 0 Å². The van der Waals surface area contributed by atoms with Gasteiger partial charge in [-0.05, 0) is 57.5 Å². The van der Waals surface area contributed by atoms with Gasteiger partial charge in [0.25, 0.3) is 5.91 Å². The molecular formula is C26H25N3O4. The number of anilines is 1. The van der Waals surface area contributed by atoms with Crippen LogP contribution in [0.2, 0.25) is 0 Å². The van der Waals surface area contributed by atoms with Gasteiger partial charge in [-0.2, -0.15) is 5.10 Å². The minimum Gasteiger partial charge on any atom is -0.491 e. The van der Waals surface area contributed by atoms with Crippen LogP contribution in [0.3, 0.4) is 0 Å². The molecule has 3 aromatic rings. The number of rotatable bonds is 6. The summed E-state index contributed by atoms with van der Waals surface area (Å²) in [6.07, 6.45) is 0.000631. The van der Waals surface area contributed by atoms with Crippen molar-refractivity contribution in [2.45, 2.75) is 39.8 Å². The summed E-state index contributed by atoms with van der Waals surface area (Å²) in [6, 6.07) is 16.6. The third-order valence-electron chi connectivity index (χ3n) is 5.55. The molecule has 4 rings (SSSR count). The van der Waals surface area contributed by atoms with Gasteiger partial charge in [0.05, 0.1) is 17.8 Å². The lowest BCUT2D eigenvalue weighted by Crippen LogP contribution is -2.31. The first-order chi connectivity index (χ1) is 15.8. The van der Waals surface area contributed by atoms with E-state index in [9.17, 15) is 14.4 Å². The zero-order chi connectivity index (χ0) is 23.7. The van der Waals surface area contributed by atoms with E-state index in [0.29, 0.717) is 22.6 Å². The van der Waals surface area contributed by atoms with E-state index in [0.717, 1.165) is 5.56 Å². The van der Waals surface area contributed by atoms with Crippen LogP contribution >= 0.6 is 0 Å². The van der Waals surface area contributed by atoms with Crippen LogP contribution in [0.5, 0.6) is 5.75 Å². The van der Waals surface area contributed by atoms with Crippen LogP contribution in [-0.2, 0) is 9.59 Å². The van der Waals surface area contributed by atoms with Crippen molar-refractivity contribution in [3.05, 3.63) is 83.0 Å². The van der Waals surface area contributed by atoms with Gasteiger partial charge in [0.15, 0.2) is 11.6 Å². The molecule has 0 bridgehead atoms. The Labute approximate surface area is 192 Å². The van der Waals surface area contributed by atoms with E-state index in [1.54, 1.807) is 55.5 Å². The predicted molar refractivity (Wildman–Crippen MR) is 123 cm³/mol. The molecule has 0 saturated carbocycles. The van der Waals surface area contributed by atoms with Crippen molar-refractivity contribution in [2.75, 3.05) is 4.90 Å². The first kappa shape index (κ1) is 22.3. The molecule has 0 N–H and O–H groups in total. The summed E-state index contributed by atoms with van der Waals surface area (Å²) in [4.78, 5) is 41.0. The molecule has 2 aromatic carbocycles. The smallest absolute Gasteiger partial charge is 0.297 e. The molecule has 1 amide bonds. The number of aromatic nitrogens is 2. The molecule has 0 aliphatic carbocycles. The summed E-state index contributed by atoms with van der Waals surface area (Å²) in [5, 5.41) is 8.16. The average Bonchev–Trinajstić information content (AvgIpc) is 3.05. The molecule has 7 heteroatoms. The number of aryl methyl sites for hydroxylation is 2. The number of Topliss-reactive ketones (excluding diaryl/α,β-unsaturated/α-hetero) is 2. The normalized spacial score (nSPS) is 18.2. The van der Waals surface area contributed by atoms with Crippen LogP contribution < -0.4 is 9.64 Å². The van der Waals surface area contributed by atoms with E-state index in [1.807, 2.05) is 32.9 Å². The minimum absolute atomic E-state index is 0.000631. The molecule has 1 aliphatic heterocycles. The molecule has 2 unspecified atom stereocenters. The third kappa shape index (κ3) is 4.39. The summed E-state index contributed by atoms with van der Waals surface area (Å²) in [5.74, 6) is -2.23. The second-order valence-corrected chi connectivity index (χ2v) is 8.46. The lowest BCUT2D eigenvalue weighted by molar-refractivity contribution is -0.135. The van der Waals surface area contributed by atoms with Gasteiger partial charge >= 0.3 is 0 Å². The number of carbonyl (C=O) groups is 3. The van der Waals surface area contributed by atoms with Crippen LogP contribution in [0.4, 0.5) is 5.82 Å². The van der Waals surface area contributed by atoms with Gasteiger partial charge in [0, 0.05) is 5.56 Å². The largest absolute Gasteiger partial charge is 0.491 e. The number of ketones is 2. The van der Waals surface area contributed by atoms with E-state index < -0.39 is 29.4 Å². The summed E-state index contributed by atoms with van der Waals surface area (Å²) < 4.78 is 5.72. The lowest BCUT2D eigenvalue weighted by atomic mass is 9.86. The average molecular weight is 444 g/mol. The highest BCUT2D eigenvalue weighted by Crippen LogP contribution is 2.41. The highest BCUT2D eigenvalue weighted by Gasteiger charge is 2.52. The van der Waals surface area contributed by atoms with Crippen molar-refractivity contribution in [3.8, 4) is 5.75 Å². The van der Waals surface area contributed by atoms with E-state index in [-0.39, 0.29) is 11.9 Å². The zero-order valence-corrected chi connectivity index (χ0v) is 19.0. The molecule has 33 heavy (non-hydrogen) atoms. The summed E-state index contributed by atoms with van der Waals surface area (Å²) in [5.41, 5.74) is 2.69. The van der Waals surface area contributed by atoms with Crippen LogP contribution in [0.15, 0.2) is 60.7 Å². The van der Waals surface area contributed by atoms with Gasteiger partial charge in [0.2, 0.25) is 5.78 Å². The van der Waals surface area contributed by atoms with Gasteiger partial charge in [-0.3, -0.25) is 19.3 Å². The third-order valence-corrected chi connectivity index (χ3v) is 5.55. The summed E-state index contributed by atoms with van der Waals surface area (Å²) in [7, 11) is 0. The maximum atomic E-state index is 13.5. The number of ether oxygens (including phenoxy) is 1. The van der Waals surface area contributed by atoms with Gasteiger partial charge in [-0.1, -0.05) is 42.0 Å². The van der Waals surface area contributed by atoms with Gasteiger partial charge in [-0.15, -0.1) is 5.10 Å². The molecule has 1 saturated heterocycles. The molecule has 168 valence electrons. The fourth-order valence-corrected chi connectivity index (χ4v) is 3.95. The molecular weight excluding hydrogens is 418 g/mol. The highest BCUT2D eigenvalue weighted by atomic mass is 16.5. The lowest BCUT2D eigenvalue weighted by Gasteiger charge is -2.26. The molecule has 0 spiro atoms. The fraction of sp³-hybridized carbons (Fsp3) is 0.269. The number of carbonyl (C=O) groups excluding carboxylic acids is 3. The Bertz CT molecular complexity index is 1190. The van der Waals surface area contributed by atoms with Crippen molar-refractivity contribution in [3.63, 3.8) is 0 Å². The first-order valence-electron chi connectivity index (χ1n) is 10.8. The Morgan fingerprint density at radius 1 is 0.909 bits per heavy atom. The maximum Gasteiger partial charge on any atom is 0.297 e. The number of nitrogens with zero attached hydrogens (tertiary/aromatic N) is 3. The maximum absolute atomic E-state index is 13.5. The SMILES string of the molecule is Cc1ccc(C(=O)C2C(=O)C(=O)N(c3ccc(C)nn3)C2c2ccc(OC(C)C)cc2)cc1. The Balaban J connectivity index is 1.80. The van der Waals surface area contributed by atoms with Gasteiger partial charge in [-0.25, -0.2) is 0 Å². The predicted octanol–water partition coefficient (Wildman–Crippen LogP) is 4.04. The molecule has 1 aromatic heterocycles. The van der Waals surface area contributed by atoms with Crippen molar-refractivity contribution in [2.24, 2.45) is 5.92 Å². The minimum atomic E-state index is -1.19. The topological polar surface area (TPSA) is 89.5 Å². The van der Waals surface area contributed by atoms with Crippen LogP contribution in [0, 0.1) is 19.8 Å². The second kappa shape index (κ2) is 8.94. The Kier molecular flexibility index (Phi) is 6.05. The van der Waals surface area contributed by atoms with Gasteiger partial charge in [0.1, 0.15) is 11.7 Å². The van der Waals surface area contributed by atoms with Crippen molar-refractivity contribution in [1.29, 1.82) is 0 Å². The Morgan fingerprint density at radius 3 is 2.15 bits per heavy atom. The zero-order valence-electron chi connectivity index (χ0n) is 19.0. The Morgan fingerprint density at radius 2 is 1.58 bits per heavy atom. The van der Waals surface area contributed by atoms with Crippen LogP contribution in [-0.4, -0.2) is 33.8 Å². The first-order valence-corrected chi connectivity index (χ1v) is 10.8. The van der Waals surface area contributed by atoms with Gasteiger partial charge < -0.3 is 4.74 Å². The Hall–Kier alpha value is -3.87.